The Morgan fingerprint density at radius 3 is 1.45 bits per heavy atom. The van der Waals surface area contributed by atoms with Gasteiger partial charge in [0.15, 0.2) is 0 Å². The maximum atomic E-state index is 14.8. The van der Waals surface area contributed by atoms with Crippen LogP contribution in [0.3, 0.4) is 0 Å². The fourth-order valence-corrected chi connectivity index (χ4v) is 14.2. The number of ether oxygens (including phenoxy) is 4. The number of nitrogens with zero attached hydrogens (tertiary/aromatic N) is 2. The van der Waals surface area contributed by atoms with Crippen LogP contribution in [-0.2, 0) is 125 Å². The monoisotopic (exact) mass is 1850 g/mol. The third-order valence-electron chi connectivity index (χ3n) is 20.9. The molecule has 17 N–H and O–H groups in total. The quantitative estimate of drug-likeness (QED) is 0.0222. The molecule has 0 radical (unpaired) electrons. The number of carbonyl (C=O) groups excluding carboxylic acids is 12. The van der Waals surface area contributed by atoms with Crippen LogP contribution in [0.15, 0.2) is 85.1 Å². The molecule has 0 spiro atoms. The van der Waals surface area contributed by atoms with Crippen molar-refractivity contribution < 1.29 is 133 Å². The predicted octanol–water partition coefficient (Wildman–Crippen LogP) is 3.36. The van der Waals surface area contributed by atoms with Crippen molar-refractivity contribution in [1.82, 2.24) is 62.6 Å². The van der Waals surface area contributed by atoms with Crippen LogP contribution in [0.25, 0.3) is 10.9 Å². The summed E-state index contributed by atoms with van der Waals surface area (Å²) in [6.07, 6.45) is 15.0. The number of rotatable bonds is 72. The van der Waals surface area contributed by atoms with Gasteiger partial charge in [0.2, 0.25) is 70.9 Å². The molecule has 1 aromatic heterocycles. The maximum absolute atomic E-state index is 14.8. The highest BCUT2D eigenvalue weighted by Crippen LogP contribution is 2.23. The minimum absolute atomic E-state index is 0.00918. The standard InChI is InChI=1S/C88H131N13O28S/c1-5-7-31-65(82(114)93-56-75(104)95-69(52-61-55-92-64-33-27-26-30-63(61)64)84(116)98-66(32-8-6-2)86(118)101(4)72(54-80(111)112)87(119)100(3)71(81(89)113)51-59-28-22-21-23-29-59)97-83(115)68(50-60-36-38-62(39-37-60)129-130(122,123)124)99-85(117)70(53-79(109)110)96-77(106)58-128-49-47-126-45-43-91-76(105)57-127-48-46-125-44-42-90-73(102)41-40-67(88(120)121)94-74(103)34-24-19-17-15-13-11-9-10-12-14-16-18-20-25-35-78(107)108/h21-23,26-30,33,36-39,55,65-72,92H,5-20,24-25,31-32,34-35,40-54,56-58H2,1-4H3,(H2,89,113)(H,90,102)(H,91,105)(H,93,114)(H,94,103)(H,95,104)(H,96,106)(H,97,115)(H,98,116)(H,99,117)(H,107,108)(H,109,110)(H,111,112)(H,120,121)(H,122,123,124)/t65-,66-,67-,68-,69-,70-,71-,72+/m0/s1. The summed E-state index contributed by atoms with van der Waals surface area (Å²) in [6, 6.07) is 8.12. The summed E-state index contributed by atoms with van der Waals surface area (Å²) in [5, 5.41) is 61.7. The minimum Gasteiger partial charge on any atom is -0.481 e. The fourth-order valence-electron chi connectivity index (χ4n) is 13.8. The van der Waals surface area contributed by atoms with Crippen molar-refractivity contribution in [2.45, 2.75) is 248 Å². The van der Waals surface area contributed by atoms with Crippen molar-refractivity contribution in [1.29, 1.82) is 0 Å². The molecule has 130 heavy (non-hydrogen) atoms. The van der Waals surface area contributed by atoms with Gasteiger partial charge in [0.25, 0.3) is 0 Å². The highest BCUT2D eigenvalue weighted by molar-refractivity contribution is 7.81. The number of likely N-dealkylation sites (N-methyl/N-ethyl adjacent to an activating group) is 2. The molecule has 4 rings (SSSR count). The van der Waals surface area contributed by atoms with E-state index in [9.17, 15) is 105 Å². The van der Waals surface area contributed by atoms with Crippen LogP contribution in [0.1, 0.15) is 197 Å². The topological polar surface area (TPSA) is 611 Å². The Morgan fingerprint density at radius 1 is 0.415 bits per heavy atom. The number of aromatic amines is 1. The van der Waals surface area contributed by atoms with E-state index in [2.05, 4.69) is 57.0 Å². The number of carboxylic acids is 4. The highest BCUT2D eigenvalue weighted by atomic mass is 32.3. The number of aliphatic carboxylic acids is 4. The molecular weight excluding hydrogens is 1720 g/mol. The van der Waals surface area contributed by atoms with Crippen LogP contribution < -0.4 is 57.8 Å². The number of amides is 12. The molecule has 4 aromatic rings. The van der Waals surface area contributed by atoms with Gasteiger partial charge in [-0.3, -0.25) is 76.5 Å². The lowest BCUT2D eigenvalue weighted by molar-refractivity contribution is -0.152. The van der Waals surface area contributed by atoms with E-state index in [1.54, 1.807) is 67.7 Å². The summed E-state index contributed by atoms with van der Waals surface area (Å²) < 4.78 is 58.4. The van der Waals surface area contributed by atoms with Crippen LogP contribution in [-0.4, -0.2) is 278 Å². The first-order chi connectivity index (χ1) is 62.1. The number of H-pyrrole nitrogens is 1. The van der Waals surface area contributed by atoms with Crippen LogP contribution in [0.5, 0.6) is 5.75 Å². The number of carbonyl (C=O) groups is 16. The molecule has 722 valence electrons. The molecule has 0 saturated carbocycles. The van der Waals surface area contributed by atoms with E-state index in [1.807, 2.05) is 6.92 Å². The van der Waals surface area contributed by atoms with Gasteiger partial charge in [-0.1, -0.05) is 177 Å². The van der Waals surface area contributed by atoms with E-state index in [-0.39, 0.29) is 134 Å². The second kappa shape index (κ2) is 62.5. The van der Waals surface area contributed by atoms with Gasteiger partial charge in [0.05, 0.1) is 59.0 Å². The molecule has 0 aliphatic carbocycles. The molecule has 12 amide bonds. The van der Waals surface area contributed by atoms with Crippen molar-refractivity contribution in [3.63, 3.8) is 0 Å². The Hall–Kier alpha value is -11.7. The number of nitrogens with one attached hydrogen (secondary N) is 10. The van der Waals surface area contributed by atoms with Gasteiger partial charge in [-0.05, 0) is 67.0 Å². The van der Waals surface area contributed by atoms with Gasteiger partial charge < -0.3 is 112 Å². The molecule has 0 aliphatic heterocycles. The summed E-state index contributed by atoms with van der Waals surface area (Å²) >= 11 is 0. The van der Waals surface area contributed by atoms with Crippen molar-refractivity contribution in [2.24, 2.45) is 5.73 Å². The summed E-state index contributed by atoms with van der Waals surface area (Å²) in [7, 11) is -2.56. The zero-order valence-corrected chi connectivity index (χ0v) is 75.3. The van der Waals surface area contributed by atoms with Crippen molar-refractivity contribution >= 4 is 116 Å². The average molecular weight is 1850 g/mol. The molecule has 1 heterocycles. The van der Waals surface area contributed by atoms with Crippen molar-refractivity contribution in [3.8, 4) is 5.75 Å². The van der Waals surface area contributed by atoms with E-state index in [1.165, 1.54) is 51.9 Å². The SMILES string of the molecule is CCCC[C@H](NC(=O)[C@H](Cc1ccc(OS(=O)(=O)O)cc1)NC(=O)[C@H](CC(=O)O)NC(=O)COCCOCCNC(=O)COCCOCCNC(=O)CC[C@H](NC(=O)CCCCCCCCCCCCCCCCC(=O)O)C(=O)O)C(=O)NCC(=O)N[C@@H](Cc1c[nH]c2ccccc12)C(=O)N[C@@H](CCCC)C(=O)N(C)[C@H](CC(=O)O)C(=O)N(C)[C@@H](Cc1ccccc1)C(N)=O. The molecule has 41 nitrogen and oxygen atoms in total. The highest BCUT2D eigenvalue weighted by Gasteiger charge is 2.40. The van der Waals surface area contributed by atoms with Crippen LogP contribution in [0, 0.1) is 0 Å². The number of hydrogen-bond acceptors (Lipinski definition) is 23. The van der Waals surface area contributed by atoms with Gasteiger partial charge in [-0.25, -0.2) is 4.79 Å². The van der Waals surface area contributed by atoms with E-state index in [4.69, 9.17) is 29.8 Å². The zero-order valence-electron chi connectivity index (χ0n) is 74.5. The van der Waals surface area contributed by atoms with E-state index >= 15 is 0 Å². The molecule has 0 aliphatic rings. The molecule has 3 aromatic carbocycles. The zero-order chi connectivity index (χ0) is 95.8. The van der Waals surface area contributed by atoms with E-state index in [0.29, 0.717) is 47.7 Å². The number of nitrogens with two attached hydrogens (primary N) is 1. The predicted molar refractivity (Wildman–Crippen MR) is 473 cm³/mol. The van der Waals surface area contributed by atoms with Crippen LogP contribution in [0.4, 0.5) is 0 Å². The molecule has 0 saturated heterocycles. The summed E-state index contributed by atoms with van der Waals surface area (Å²) in [6.45, 7) is 1.70. The van der Waals surface area contributed by atoms with Gasteiger partial charge in [0, 0.05) is 82.8 Å². The Kier molecular flexibility index (Phi) is 53.2. The van der Waals surface area contributed by atoms with Gasteiger partial charge in [-0.2, -0.15) is 8.42 Å². The number of aromatic nitrogens is 1. The fraction of sp³-hybridized carbons (Fsp3) is 0.591. The second-order valence-electron chi connectivity index (χ2n) is 31.4. The minimum atomic E-state index is -4.99. The molecule has 0 bridgehead atoms. The molecule has 0 fully saturated rings. The molecule has 8 atom stereocenters. The molecule has 42 heteroatoms. The molecule has 0 unspecified atom stereocenters. The van der Waals surface area contributed by atoms with Gasteiger partial charge in [0.1, 0.15) is 67.3 Å². The number of benzene rings is 3. The summed E-state index contributed by atoms with van der Waals surface area (Å²) in [5.74, 6) is -15.5. The lowest BCUT2D eigenvalue weighted by Crippen LogP contribution is -2.59. The average Bonchev–Trinajstić information content (AvgIpc) is 1.58. The number of hydrogen-bond donors (Lipinski definition) is 16. The Balaban J connectivity index is 1.27. The Morgan fingerprint density at radius 2 is 0.892 bits per heavy atom. The largest absolute Gasteiger partial charge is 0.481 e. The van der Waals surface area contributed by atoms with Crippen molar-refractivity contribution in [3.05, 3.63) is 102 Å². The lowest BCUT2D eigenvalue weighted by Gasteiger charge is -2.35. The number of primary amides is 1. The van der Waals surface area contributed by atoms with E-state index in [0.717, 1.165) is 79.7 Å². The lowest BCUT2D eigenvalue weighted by atomic mass is 10.0. The van der Waals surface area contributed by atoms with Crippen LogP contribution in [0.2, 0.25) is 0 Å². The number of unbranched alkanes of at least 4 members (excludes halogenated alkanes) is 15. The smallest absolute Gasteiger partial charge is 0.446 e. The normalized spacial score (nSPS) is 13.1. The Bertz CT molecular complexity index is 4370. The summed E-state index contributed by atoms with van der Waals surface area (Å²) in [5.41, 5.74) is 7.79. The van der Waals surface area contributed by atoms with Crippen molar-refractivity contribution in [2.75, 3.05) is 86.6 Å². The number of carboxylic acid groups (broad SMARTS) is 4. The third kappa shape index (κ3) is 46.5. The summed E-state index contributed by atoms with van der Waals surface area (Å²) in [4.78, 5) is 216. The van der Waals surface area contributed by atoms with E-state index < -0.39 is 180 Å². The van der Waals surface area contributed by atoms with Gasteiger partial charge in [-0.15, -0.1) is 0 Å². The molecular formula is C88H131N13O28S. The first kappa shape index (κ1) is 111. The Labute approximate surface area is 756 Å². The first-order valence-corrected chi connectivity index (χ1v) is 45.4. The van der Waals surface area contributed by atoms with Crippen LogP contribution >= 0.6 is 0 Å². The third-order valence-corrected chi connectivity index (χ3v) is 21.3. The number of fused-ring (bicyclic) bond motifs is 1. The number of para-hydroxylation sites is 1. The maximum Gasteiger partial charge on any atom is 0.446 e. The first-order valence-electron chi connectivity index (χ1n) is 44.1. The second-order valence-corrected chi connectivity index (χ2v) is 32.5. The van der Waals surface area contributed by atoms with Gasteiger partial charge >= 0.3 is 34.3 Å².